The van der Waals surface area contributed by atoms with Crippen molar-refractivity contribution in [3.63, 3.8) is 0 Å². The molecule has 1 rings (SSSR count). The maximum atomic E-state index is 10.7. The summed E-state index contributed by atoms with van der Waals surface area (Å²) in [6.07, 6.45) is 0. The van der Waals surface area contributed by atoms with Crippen molar-refractivity contribution in [1.29, 1.82) is 0 Å². The van der Waals surface area contributed by atoms with Gasteiger partial charge < -0.3 is 0 Å². The Morgan fingerprint density at radius 2 is 1.44 bits per heavy atom. The molecule has 0 aliphatic rings. The molecule has 4 N–H and O–H groups in total. The fourth-order valence-electron chi connectivity index (χ4n) is 1.42. The Labute approximate surface area is 121 Å². The molecule has 0 amide bonds. The summed E-state index contributed by atoms with van der Waals surface area (Å²) in [6, 6.07) is 5.62. The van der Waals surface area contributed by atoms with Crippen LogP contribution < -0.4 is 10.1 Å². The second kappa shape index (κ2) is 9.18. The molecule has 103 valence electrons. The molecule has 6 heteroatoms. The number of hydrogen-bond donors (Lipinski definition) is 3. The zero-order chi connectivity index (χ0) is 14.2. The van der Waals surface area contributed by atoms with Crippen LogP contribution in [0.4, 0.5) is 5.69 Å². The van der Waals surface area contributed by atoms with Crippen LogP contribution in [0.5, 0.6) is 0 Å². The minimum absolute atomic E-state index is 0.0531. The molecule has 0 spiro atoms. The second-order valence-electron chi connectivity index (χ2n) is 3.95. The van der Waals surface area contributed by atoms with Crippen molar-refractivity contribution in [1.82, 2.24) is 0 Å². The van der Waals surface area contributed by atoms with E-state index in [4.69, 9.17) is 13.9 Å². The van der Waals surface area contributed by atoms with Crippen LogP contribution in [0.1, 0.15) is 20.8 Å². The normalized spacial score (nSPS) is 11.0. The van der Waals surface area contributed by atoms with Crippen LogP contribution in [0.3, 0.4) is 0 Å². The van der Waals surface area contributed by atoms with Crippen LogP contribution in [-0.4, -0.2) is 45.1 Å². The summed E-state index contributed by atoms with van der Waals surface area (Å²) in [6.45, 7) is 7.07. The Kier molecular flexibility index (Phi) is 9.29. The molecule has 0 fully saturated rings. The molecule has 0 aliphatic carbocycles. The van der Waals surface area contributed by atoms with Gasteiger partial charge in [-0.1, -0.05) is 0 Å². The zero-order valence-electron chi connectivity index (χ0n) is 11.3. The molecule has 1 aromatic carbocycles. The molecular weight excluding hydrogens is 488 g/mol. The summed E-state index contributed by atoms with van der Waals surface area (Å²) in [5.74, 6) is 0. The molecule has 0 aliphatic heterocycles. The first kappa shape index (κ1) is 18.2. The third kappa shape index (κ3) is 7.61. The molecule has 0 bridgehead atoms. The first-order valence-corrected chi connectivity index (χ1v) is 17.7. The monoisotopic (exact) mass is 512 g/mol. The van der Waals surface area contributed by atoms with Gasteiger partial charge in [0.1, 0.15) is 0 Å². The average molecular weight is 511 g/mol. The number of nitrogens with two attached hydrogens (primary N) is 1. The summed E-state index contributed by atoms with van der Waals surface area (Å²) in [7, 11) is 0. The van der Waals surface area contributed by atoms with Crippen molar-refractivity contribution in [2.75, 3.05) is 5.73 Å². The van der Waals surface area contributed by atoms with Crippen LogP contribution in [0, 0.1) is 0 Å². The number of benzene rings is 1. The number of nitrogen functional groups attached to an aromatic ring is 1. The van der Waals surface area contributed by atoms with E-state index in [0.29, 0.717) is 5.69 Å². The molecule has 0 heterocycles. The summed E-state index contributed by atoms with van der Waals surface area (Å²) in [4.78, 5) is 0. The maximum absolute atomic E-state index is 10.7. The van der Waals surface area contributed by atoms with Gasteiger partial charge in [-0.05, 0) is 0 Å². The van der Waals surface area contributed by atoms with E-state index in [9.17, 15) is 3.74 Å². The molecule has 0 aromatic heterocycles. The Morgan fingerprint density at radius 3 is 1.67 bits per heavy atom. The third-order valence-corrected chi connectivity index (χ3v) is 16.4. The van der Waals surface area contributed by atoms with Gasteiger partial charge in [0.2, 0.25) is 0 Å². The van der Waals surface area contributed by atoms with E-state index in [-0.39, 0.29) is 4.35 Å². The quantitative estimate of drug-likeness (QED) is 0.422. The molecule has 1 radical (unpaired) electrons. The molecule has 1 aromatic rings. The minimum atomic E-state index is -4.68. The Morgan fingerprint density at radius 1 is 1.06 bits per heavy atom. The average Bonchev–Trinajstić information content (AvgIpc) is 2.31. The Bertz CT molecular complexity index is 368. The van der Waals surface area contributed by atoms with E-state index < -0.39 is 36.9 Å². The molecular formula is C12H23AsNO3Pb. The molecule has 0 saturated heterocycles. The summed E-state index contributed by atoms with van der Waals surface area (Å²) >= 11 is -5.47. The van der Waals surface area contributed by atoms with Crippen molar-refractivity contribution in [3.8, 4) is 0 Å². The van der Waals surface area contributed by atoms with Crippen molar-refractivity contribution in [2.24, 2.45) is 0 Å². The number of anilines is 1. The van der Waals surface area contributed by atoms with E-state index in [2.05, 4.69) is 20.8 Å². The van der Waals surface area contributed by atoms with Gasteiger partial charge in [-0.15, -0.1) is 0 Å². The summed E-state index contributed by atoms with van der Waals surface area (Å²) in [5, 5.41) is 0. The van der Waals surface area contributed by atoms with Gasteiger partial charge in [-0.25, -0.2) is 0 Å². The predicted octanol–water partition coefficient (Wildman–Crippen LogP) is 1.37. The van der Waals surface area contributed by atoms with Crippen LogP contribution >= 0.6 is 0 Å². The van der Waals surface area contributed by atoms with E-state index in [1.165, 1.54) is 24.3 Å². The van der Waals surface area contributed by atoms with Crippen molar-refractivity contribution >= 4 is 46.9 Å². The van der Waals surface area contributed by atoms with Crippen molar-refractivity contribution in [3.05, 3.63) is 24.3 Å². The van der Waals surface area contributed by atoms with E-state index in [1.54, 1.807) is 11.9 Å². The first-order chi connectivity index (χ1) is 8.35. The fraction of sp³-hybridized carbons (Fsp3) is 0.500. The number of rotatable bonds is 4. The molecule has 0 saturated carbocycles. The van der Waals surface area contributed by atoms with Gasteiger partial charge in [0.15, 0.2) is 0 Å². The van der Waals surface area contributed by atoms with Crippen molar-refractivity contribution < 1.29 is 11.9 Å². The standard InChI is InChI=1S/C6H8AsNO3.3C2H5.Pb/c8-6-3-1-5(2-4-6)7(9,10)11;3*1-2;/h1-4H,8H2,(H2,9,10,11);3*1H2,2H3;. The molecule has 4 nitrogen and oxygen atoms in total. The van der Waals surface area contributed by atoms with Gasteiger partial charge in [-0.2, -0.15) is 0 Å². The molecule has 0 atom stereocenters. The van der Waals surface area contributed by atoms with E-state index >= 15 is 0 Å². The number of hydrogen-bond acceptors (Lipinski definition) is 2. The van der Waals surface area contributed by atoms with E-state index in [1.807, 2.05) is 0 Å². The SMILES string of the molecule is C[CH2][Pb]([CH2]C)[CH2]C.Nc1ccc([As](=O)(O)O)cc1. The second-order valence-corrected chi connectivity index (χ2v) is 21.4. The van der Waals surface area contributed by atoms with Gasteiger partial charge in [0, 0.05) is 0 Å². The van der Waals surface area contributed by atoms with Crippen LogP contribution in [-0.2, 0) is 3.74 Å². The van der Waals surface area contributed by atoms with Gasteiger partial charge >= 0.3 is 122 Å². The summed E-state index contributed by atoms with van der Waals surface area (Å²) in [5.41, 5.74) is 5.82. The van der Waals surface area contributed by atoms with Crippen LogP contribution in [0.15, 0.2) is 24.3 Å². The summed E-state index contributed by atoms with van der Waals surface area (Å²) < 4.78 is 32.8. The van der Waals surface area contributed by atoms with Gasteiger partial charge in [0.25, 0.3) is 0 Å². The Hall–Kier alpha value is 0.221. The van der Waals surface area contributed by atoms with E-state index in [0.717, 1.165) is 0 Å². The molecule has 0 unspecified atom stereocenters. The first-order valence-electron chi connectivity index (χ1n) is 6.10. The fourth-order valence-corrected chi connectivity index (χ4v) is 8.38. The predicted molar refractivity (Wildman–Crippen MR) is 78.6 cm³/mol. The van der Waals surface area contributed by atoms with Crippen LogP contribution in [0.2, 0.25) is 11.9 Å². The van der Waals surface area contributed by atoms with Gasteiger partial charge in [0.05, 0.1) is 0 Å². The zero-order valence-corrected chi connectivity index (χ0v) is 17.0. The van der Waals surface area contributed by atoms with Crippen LogP contribution in [0.25, 0.3) is 0 Å². The third-order valence-electron chi connectivity index (χ3n) is 2.73. The Balaban J connectivity index is 0.000000360. The topological polar surface area (TPSA) is 83.6 Å². The van der Waals surface area contributed by atoms with Crippen molar-refractivity contribution in [2.45, 2.75) is 32.7 Å². The van der Waals surface area contributed by atoms with Gasteiger partial charge in [-0.3, -0.25) is 0 Å². The molecule has 18 heavy (non-hydrogen) atoms.